The molecule has 0 aliphatic heterocycles. The summed E-state index contributed by atoms with van der Waals surface area (Å²) in [6, 6.07) is 11.6. The van der Waals surface area contributed by atoms with Gasteiger partial charge in [-0.3, -0.25) is 19.5 Å². The second kappa shape index (κ2) is 7.35. The largest absolute Gasteiger partial charge is 0.497 e. The lowest BCUT2D eigenvalue weighted by Crippen LogP contribution is -2.26. The van der Waals surface area contributed by atoms with Gasteiger partial charge in [-0.2, -0.15) is 0 Å². The Hall–Kier alpha value is -3.22. The maximum Gasteiger partial charge on any atom is 0.270 e. The van der Waals surface area contributed by atoms with Crippen LogP contribution in [0.25, 0.3) is 10.9 Å². The van der Waals surface area contributed by atoms with Crippen molar-refractivity contribution in [2.45, 2.75) is 26.3 Å². The fourth-order valence-electron chi connectivity index (χ4n) is 2.86. The number of ether oxygens (including phenoxy) is 1. The molecule has 0 fully saturated rings. The summed E-state index contributed by atoms with van der Waals surface area (Å²) in [5.74, 6) is 1.41. The Balaban J connectivity index is 2.13. The van der Waals surface area contributed by atoms with E-state index in [9.17, 15) is 14.9 Å². The van der Waals surface area contributed by atoms with Gasteiger partial charge in [-0.25, -0.2) is 4.98 Å². The quantitative estimate of drug-likeness (QED) is 0.501. The van der Waals surface area contributed by atoms with Crippen molar-refractivity contribution in [2.75, 3.05) is 7.11 Å². The monoisotopic (exact) mass is 353 g/mol. The van der Waals surface area contributed by atoms with Gasteiger partial charge < -0.3 is 4.74 Å². The first kappa shape index (κ1) is 17.6. The van der Waals surface area contributed by atoms with Crippen LogP contribution in [0.3, 0.4) is 0 Å². The van der Waals surface area contributed by atoms with E-state index in [4.69, 9.17) is 4.74 Å². The van der Waals surface area contributed by atoms with Crippen molar-refractivity contribution in [1.82, 2.24) is 9.55 Å². The van der Waals surface area contributed by atoms with Gasteiger partial charge in [0, 0.05) is 18.6 Å². The van der Waals surface area contributed by atoms with Crippen molar-refractivity contribution < 1.29 is 9.66 Å². The van der Waals surface area contributed by atoms with Crippen LogP contribution in [0.15, 0.2) is 47.3 Å². The molecule has 0 aliphatic rings. The van der Waals surface area contributed by atoms with E-state index >= 15 is 0 Å². The third-order valence-electron chi connectivity index (χ3n) is 4.20. The number of methoxy groups -OCH3 is 1. The van der Waals surface area contributed by atoms with Gasteiger partial charge in [-0.05, 0) is 30.2 Å². The van der Waals surface area contributed by atoms with Crippen molar-refractivity contribution >= 4 is 16.6 Å². The van der Waals surface area contributed by atoms with Gasteiger partial charge in [0.25, 0.3) is 11.2 Å². The molecule has 26 heavy (non-hydrogen) atoms. The van der Waals surface area contributed by atoms with Gasteiger partial charge in [-0.15, -0.1) is 0 Å². The Morgan fingerprint density at radius 3 is 2.54 bits per heavy atom. The molecule has 0 amide bonds. The third kappa shape index (κ3) is 3.42. The van der Waals surface area contributed by atoms with E-state index in [2.05, 4.69) is 4.98 Å². The lowest BCUT2D eigenvalue weighted by atomic mass is 10.1. The van der Waals surface area contributed by atoms with Crippen LogP contribution in [0.1, 0.15) is 24.7 Å². The van der Waals surface area contributed by atoms with Crippen LogP contribution in [-0.4, -0.2) is 21.6 Å². The second-order valence-electron chi connectivity index (χ2n) is 5.98. The maximum absolute atomic E-state index is 13.0. The number of nitrogens with zero attached hydrogens (tertiary/aromatic N) is 3. The number of aryl methyl sites for hydroxylation is 1. The number of nitro benzene ring substituents is 1. The lowest BCUT2D eigenvalue weighted by Gasteiger charge is -2.13. The fraction of sp³-hybridized carbons (Fsp3) is 0.263. The van der Waals surface area contributed by atoms with Crippen LogP contribution in [0, 0.1) is 10.1 Å². The highest BCUT2D eigenvalue weighted by Gasteiger charge is 2.14. The van der Waals surface area contributed by atoms with E-state index in [0.717, 1.165) is 17.7 Å². The predicted molar refractivity (Wildman–Crippen MR) is 98.7 cm³/mol. The average Bonchev–Trinajstić information content (AvgIpc) is 2.65. The van der Waals surface area contributed by atoms with Crippen molar-refractivity contribution in [3.05, 3.63) is 74.3 Å². The maximum atomic E-state index is 13.0. The Morgan fingerprint density at radius 2 is 1.92 bits per heavy atom. The number of non-ortho nitro benzene ring substituents is 1. The topological polar surface area (TPSA) is 87.3 Å². The summed E-state index contributed by atoms with van der Waals surface area (Å²) in [5.41, 5.74) is 1.03. The molecule has 0 atom stereocenters. The van der Waals surface area contributed by atoms with E-state index in [1.54, 1.807) is 11.7 Å². The molecule has 1 heterocycles. The number of aromatic nitrogens is 2. The zero-order valence-electron chi connectivity index (χ0n) is 14.6. The minimum absolute atomic E-state index is 0.115. The molecule has 3 rings (SSSR count). The fourth-order valence-corrected chi connectivity index (χ4v) is 2.86. The molecule has 3 aromatic rings. The summed E-state index contributed by atoms with van der Waals surface area (Å²) in [6.45, 7) is 2.37. The van der Waals surface area contributed by atoms with Gasteiger partial charge in [0.2, 0.25) is 0 Å². The number of nitro groups is 1. The summed E-state index contributed by atoms with van der Waals surface area (Å²) in [4.78, 5) is 28.1. The number of fused-ring (bicyclic) bond motifs is 1. The van der Waals surface area contributed by atoms with Gasteiger partial charge in [0.1, 0.15) is 11.6 Å². The molecule has 0 saturated carbocycles. The molecule has 2 aromatic carbocycles. The van der Waals surface area contributed by atoms with Crippen molar-refractivity contribution in [3.8, 4) is 5.75 Å². The SMILES string of the molecule is CCCc1nc2ccc([N+](=O)[O-])cc2c(=O)n1Cc1ccc(OC)cc1. The smallest absolute Gasteiger partial charge is 0.270 e. The Morgan fingerprint density at radius 1 is 1.19 bits per heavy atom. The van der Waals surface area contributed by atoms with E-state index in [0.29, 0.717) is 24.3 Å². The van der Waals surface area contributed by atoms with Gasteiger partial charge in [0.05, 0.1) is 29.5 Å². The van der Waals surface area contributed by atoms with Crippen molar-refractivity contribution in [1.29, 1.82) is 0 Å². The Bertz CT molecular complexity index is 1010. The molecule has 7 heteroatoms. The van der Waals surface area contributed by atoms with Gasteiger partial charge >= 0.3 is 0 Å². The highest BCUT2D eigenvalue weighted by molar-refractivity contribution is 5.80. The zero-order valence-corrected chi connectivity index (χ0v) is 14.6. The molecule has 0 N–H and O–H groups in total. The molecule has 0 bridgehead atoms. The molecule has 0 spiro atoms. The van der Waals surface area contributed by atoms with Crippen molar-refractivity contribution in [3.63, 3.8) is 0 Å². The summed E-state index contributed by atoms with van der Waals surface area (Å²) in [6.07, 6.45) is 1.49. The van der Waals surface area contributed by atoms with Crippen LogP contribution < -0.4 is 10.3 Å². The van der Waals surface area contributed by atoms with Gasteiger partial charge in [0.15, 0.2) is 0 Å². The minimum atomic E-state index is -0.507. The van der Waals surface area contributed by atoms with Crippen LogP contribution in [0.4, 0.5) is 5.69 Å². The number of benzene rings is 2. The van der Waals surface area contributed by atoms with Crippen LogP contribution in [0.2, 0.25) is 0 Å². The third-order valence-corrected chi connectivity index (χ3v) is 4.20. The van der Waals surface area contributed by atoms with E-state index in [1.165, 1.54) is 18.2 Å². The molecule has 0 unspecified atom stereocenters. The van der Waals surface area contributed by atoms with Crippen LogP contribution in [-0.2, 0) is 13.0 Å². The summed E-state index contributed by atoms with van der Waals surface area (Å²) in [7, 11) is 1.60. The zero-order chi connectivity index (χ0) is 18.7. The predicted octanol–water partition coefficient (Wildman–Crippen LogP) is 3.31. The second-order valence-corrected chi connectivity index (χ2v) is 5.98. The highest BCUT2D eigenvalue weighted by Crippen LogP contribution is 2.19. The molecule has 0 aliphatic carbocycles. The first-order valence-corrected chi connectivity index (χ1v) is 8.34. The summed E-state index contributed by atoms with van der Waals surface area (Å²) >= 11 is 0. The molecule has 7 nitrogen and oxygen atoms in total. The molecule has 1 aromatic heterocycles. The number of rotatable bonds is 6. The molecule has 134 valence electrons. The standard InChI is InChI=1S/C19H19N3O4/c1-3-4-18-20-17-10-7-14(22(24)25)11-16(17)19(23)21(18)12-13-5-8-15(26-2)9-6-13/h5-11H,3-4,12H2,1-2H3. The average molecular weight is 353 g/mol. The number of hydrogen-bond acceptors (Lipinski definition) is 5. The van der Waals surface area contributed by atoms with Crippen LogP contribution in [0.5, 0.6) is 5.75 Å². The normalized spacial score (nSPS) is 10.8. The summed E-state index contributed by atoms with van der Waals surface area (Å²) < 4.78 is 6.75. The molecular formula is C19H19N3O4. The van der Waals surface area contributed by atoms with Crippen molar-refractivity contribution in [2.24, 2.45) is 0 Å². The van der Waals surface area contributed by atoms with E-state index in [-0.39, 0.29) is 16.6 Å². The van der Waals surface area contributed by atoms with Crippen LogP contribution >= 0.6 is 0 Å². The van der Waals surface area contributed by atoms with Gasteiger partial charge in [-0.1, -0.05) is 19.1 Å². The Labute approximate surface area is 150 Å². The first-order chi connectivity index (χ1) is 12.5. The lowest BCUT2D eigenvalue weighted by molar-refractivity contribution is -0.384. The molecular weight excluding hydrogens is 334 g/mol. The Kier molecular flexibility index (Phi) is 4.97. The molecule has 0 radical (unpaired) electrons. The first-order valence-electron chi connectivity index (χ1n) is 8.34. The van der Waals surface area contributed by atoms with E-state index in [1.807, 2.05) is 31.2 Å². The minimum Gasteiger partial charge on any atom is -0.497 e. The highest BCUT2D eigenvalue weighted by atomic mass is 16.6. The summed E-state index contributed by atoms with van der Waals surface area (Å²) in [5, 5.41) is 11.3. The molecule has 0 saturated heterocycles. The van der Waals surface area contributed by atoms with E-state index < -0.39 is 4.92 Å². The number of hydrogen-bond donors (Lipinski definition) is 0.